The Morgan fingerprint density at radius 3 is 2.43 bits per heavy atom. The Kier molecular flexibility index (Phi) is 3.98. The van der Waals surface area contributed by atoms with Crippen LogP contribution < -0.4 is 0 Å². The van der Waals surface area contributed by atoms with E-state index in [1.807, 2.05) is 18.3 Å². The van der Waals surface area contributed by atoms with Crippen LogP contribution in [0.5, 0.6) is 0 Å². The molecule has 2 nitrogen and oxygen atoms in total. The van der Waals surface area contributed by atoms with Crippen molar-refractivity contribution >= 4 is 21.9 Å². The third-order valence-electron chi connectivity index (χ3n) is 5.33. The van der Waals surface area contributed by atoms with Crippen molar-refractivity contribution in [2.75, 3.05) is 0 Å². The van der Waals surface area contributed by atoms with Gasteiger partial charge in [-0.1, -0.05) is 56.3 Å². The van der Waals surface area contributed by atoms with E-state index in [0.29, 0.717) is 5.92 Å². The molecule has 0 aliphatic rings. The average Bonchev–Trinajstić information content (AvgIpc) is 3.12. The van der Waals surface area contributed by atoms with Gasteiger partial charge in [0.2, 0.25) is 0 Å². The van der Waals surface area contributed by atoms with E-state index in [0.717, 1.165) is 33.2 Å². The summed E-state index contributed by atoms with van der Waals surface area (Å²) in [6, 6.07) is 27.4. The quantitative estimate of drug-likeness (QED) is 0.333. The van der Waals surface area contributed by atoms with E-state index < -0.39 is 0 Å². The van der Waals surface area contributed by atoms with Gasteiger partial charge in [-0.05, 0) is 59.0 Å². The van der Waals surface area contributed by atoms with E-state index >= 15 is 0 Å². The first kappa shape index (κ1) is 16.8. The average molecular weight is 363 g/mol. The van der Waals surface area contributed by atoms with Gasteiger partial charge in [0.15, 0.2) is 0 Å². The molecule has 0 aliphatic carbocycles. The summed E-state index contributed by atoms with van der Waals surface area (Å²) >= 11 is 0. The highest BCUT2D eigenvalue weighted by molar-refractivity contribution is 6.13. The van der Waals surface area contributed by atoms with Crippen molar-refractivity contribution in [2.24, 2.45) is 0 Å². The van der Waals surface area contributed by atoms with E-state index in [1.54, 1.807) is 0 Å². The SMILES string of the molecule is CC(C)c1ccnc(-c2ccc3oc4cccc(-c5ccccc5)c4c3c2)c1. The van der Waals surface area contributed by atoms with E-state index in [9.17, 15) is 0 Å². The zero-order valence-corrected chi connectivity index (χ0v) is 16.0. The zero-order chi connectivity index (χ0) is 19.1. The number of nitrogens with zero attached hydrogens (tertiary/aromatic N) is 1. The molecule has 28 heavy (non-hydrogen) atoms. The number of pyridine rings is 1. The second-order valence-electron chi connectivity index (χ2n) is 7.49. The second-order valence-corrected chi connectivity index (χ2v) is 7.49. The van der Waals surface area contributed by atoms with Crippen LogP contribution in [0.2, 0.25) is 0 Å². The minimum atomic E-state index is 0.477. The first-order valence-electron chi connectivity index (χ1n) is 9.68. The molecule has 0 atom stereocenters. The monoisotopic (exact) mass is 363 g/mol. The minimum Gasteiger partial charge on any atom is -0.456 e. The molecular weight excluding hydrogens is 342 g/mol. The van der Waals surface area contributed by atoms with Gasteiger partial charge in [-0.25, -0.2) is 0 Å². The smallest absolute Gasteiger partial charge is 0.136 e. The summed E-state index contributed by atoms with van der Waals surface area (Å²) in [5.41, 5.74) is 7.62. The number of benzene rings is 3. The molecule has 0 unspecified atom stereocenters. The molecule has 0 fully saturated rings. The van der Waals surface area contributed by atoms with Gasteiger partial charge in [-0.15, -0.1) is 0 Å². The lowest BCUT2D eigenvalue weighted by atomic mass is 9.97. The highest BCUT2D eigenvalue weighted by Gasteiger charge is 2.14. The van der Waals surface area contributed by atoms with Gasteiger partial charge >= 0.3 is 0 Å². The van der Waals surface area contributed by atoms with Crippen LogP contribution in [0.1, 0.15) is 25.3 Å². The van der Waals surface area contributed by atoms with Gasteiger partial charge in [0.1, 0.15) is 11.2 Å². The van der Waals surface area contributed by atoms with Crippen LogP contribution in [0.15, 0.2) is 89.5 Å². The summed E-state index contributed by atoms with van der Waals surface area (Å²) in [5, 5.41) is 2.29. The van der Waals surface area contributed by atoms with E-state index in [2.05, 4.69) is 85.6 Å². The lowest BCUT2D eigenvalue weighted by Gasteiger charge is -2.08. The summed E-state index contributed by atoms with van der Waals surface area (Å²) in [6.45, 7) is 4.41. The molecule has 0 saturated carbocycles. The molecule has 2 heteroatoms. The maximum Gasteiger partial charge on any atom is 0.136 e. The standard InChI is InChI=1S/C26H21NO/c1-17(2)19-13-14-27-23(16-19)20-11-12-24-22(15-20)26-21(9-6-10-25(26)28-24)18-7-4-3-5-8-18/h3-17H,1-2H3. The van der Waals surface area contributed by atoms with Crippen LogP contribution in [0.3, 0.4) is 0 Å². The molecule has 0 saturated heterocycles. The van der Waals surface area contributed by atoms with Gasteiger partial charge in [-0.2, -0.15) is 0 Å². The Morgan fingerprint density at radius 2 is 1.61 bits per heavy atom. The highest BCUT2D eigenvalue weighted by atomic mass is 16.3. The predicted molar refractivity (Wildman–Crippen MR) is 116 cm³/mol. The number of fused-ring (bicyclic) bond motifs is 3. The van der Waals surface area contributed by atoms with E-state index in [1.165, 1.54) is 16.7 Å². The maximum atomic E-state index is 6.15. The van der Waals surface area contributed by atoms with Gasteiger partial charge in [0, 0.05) is 22.5 Å². The van der Waals surface area contributed by atoms with Gasteiger partial charge in [0.05, 0.1) is 5.69 Å². The molecule has 5 rings (SSSR count). The fourth-order valence-corrected chi connectivity index (χ4v) is 3.81. The van der Waals surface area contributed by atoms with Crippen LogP contribution in [0, 0.1) is 0 Å². The Balaban J connectivity index is 1.75. The fourth-order valence-electron chi connectivity index (χ4n) is 3.81. The van der Waals surface area contributed by atoms with Crippen molar-refractivity contribution in [3.8, 4) is 22.4 Å². The second kappa shape index (κ2) is 6.65. The molecule has 0 bridgehead atoms. The number of hydrogen-bond acceptors (Lipinski definition) is 2. The van der Waals surface area contributed by atoms with Crippen molar-refractivity contribution in [3.63, 3.8) is 0 Å². The van der Waals surface area contributed by atoms with Crippen LogP contribution in [0.4, 0.5) is 0 Å². The fraction of sp³-hybridized carbons (Fsp3) is 0.115. The molecule has 3 aromatic carbocycles. The molecular formula is C26H21NO. The minimum absolute atomic E-state index is 0.477. The topological polar surface area (TPSA) is 26.0 Å². The van der Waals surface area contributed by atoms with Crippen molar-refractivity contribution in [2.45, 2.75) is 19.8 Å². The number of furan rings is 1. The largest absolute Gasteiger partial charge is 0.456 e. The Bertz CT molecular complexity index is 1280. The summed E-state index contributed by atoms with van der Waals surface area (Å²) in [7, 11) is 0. The lowest BCUT2D eigenvalue weighted by Crippen LogP contribution is -1.90. The van der Waals surface area contributed by atoms with Crippen molar-refractivity contribution < 1.29 is 4.42 Å². The van der Waals surface area contributed by atoms with Gasteiger partial charge in [0.25, 0.3) is 0 Å². The van der Waals surface area contributed by atoms with Crippen molar-refractivity contribution in [1.29, 1.82) is 0 Å². The van der Waals surface area contributed by atoms with E-state index in [-0.39, 0.29) is 0 Å². The molecule has 0 radical (unpaired) electrons. The summed E-state index contributed by atoms with van der Waals surface area (Å²) in [4.78, 5) is 4.61. The first-order valence-corrected chi connectivity index (χ1v) is 9.68. The number of hydrogen-bond donors (Lipinski definition) is 0. The third kappa shape index (κ3) is 2.78. The molecule has 0 aliphatic heterocycles. The Hall–Kier alpha value is -3.39. The van der Waals surface area contributed by atoms with Gasteiger partial charge < -0.3 is 4.42 Å². The van der Waals surface area contributed by atoms with Crippen LogP contribution >= 0.6 is 0 Å². The Labute approximate surface area is 164 Å². The van der Waals surface area contributed by atoms with Crippen molar-refractivity contribution in [1.82, 2.24) is 4.98 Å². The van der Waals surface area contributed by atoms with Crippen molar-refractivity contribution in [3.05, 3.63) is 90.6 Å². The normalized spacial score (nSPS) is 11.5. The molecule has 0 N–H and O–H groups in total. The zero-order valence-electron chi connectivity index (χ0n) is 16.0. The number of rotatable bonds is 3. The summed E-state index contributed by atoms with van der Waals surface area (Å²) < 4.78 is 6.15. The molecule has 0 spiro atoms. The summed E-state index contributed by atoms with van der Waals surface area (Å²) in [6.07, 6.45) is 1.90. The molecule has 136 valence electrons. The third-order valence-corrected chi connectivity index (χ3v) is 5.33. The molecule has 5 aromatic rings. The van der Waals surface area contributed by atoms with Crippen LogP contribution in [-0.2, 0) is 0 Å². The van der Waals surface area contributed by atoms with Gasteiger partial charge in [-0.3, -0.25) is 4.98 Å². The Morgan fingerprint density at radius 1 is 0.750 bits per heavy atom. The summed E-state index contributed by atoms with van der Waals surface area (Å²) in [5.74, 6) is 0.477. The van der Waals surface area contributed by atoms with E-state index in [4.69, 9.17) is 4.42 Å². The molecule has 2 heterocycles. The van der Waals surface area contributed by atoms with Crippen LogP contribution in [0.25, 0.3) is 44.3 Å². The molecule has 0 amide bonds. The predicted octanol–water partition coefficient (Wildman–Crippen LogP) is 7.44. The number of aromatic nitrogens is 1. The van der Waals surface area contributed by atoms with Crippen LogP contribution in [-0.4, -0.2) is 4.98 Å². The first-order chi connectivity index (χ1) is 13.7. The lowest BCUT2D eigenvalue weighted by molar-refractivity contribution is 0.669. The highest BCUT2D eigenvalue weighted by Crippen LogP contribution is 2.38. The maximum absolute atomic E-state index is 6.15. The molecule has 2 aromatic heterocycles.